The molecule has 0 saturated carbocycles. The van der Waals surface area contributed by atoms with E-state index >= 15 is 0 Å². The Labute approximate surface area is 99.9 Å². The molecule has 3 unspecified atom stereocenters. The van der Waals surface area contributed by atoms with Gasteiger partial charge in [0.25, 0.3) is 0 Å². The highest BCUT2D eigenvalue weighted by molar-refractivity contribution is 7.91. The summed E-state index contributed by atoms with van der Waals surface area (Å²) in [4.78, 5) is 0. The van der Waals surface area contributed by atoms with Crippen molar-refractivity contribution in [1.82, 2.24) is 5.32 Å². The Balaban J connectivity index is 2.57. The van der Waals surface area contributed by atoms with Crippen molar-refractivity contribution in [2.45, 2.75) is 46.1 Å². The molecule has 3 atom stereocenters. The van der Waals surface area contributed by atoms with Crippen LogP contribution in [0.3, 0.4) is 0 Å². The summed E-state index contributed by atoms with van der Waals surface area (Å²) in [6.45, 7) is 7.46. The molecule has 0 spiro atoms. The van der Waals surface area contributed by atoms with Crippen molar-refractivity contribution in [2.24, 2.45) is 11.8 Å². The second-order valence-electron chi connectivity index (χ2n) is 5.08. The van der Waals surface area contributed by atoms with Crippen molar-refractivity contribution in [3.63, 3.8) is 0 Å². The van der Waals surface area contributed by atoms with E-state index in [1.807, 2.05) is 0 Å². The van der Waals surface area contributed by atoms with Gasteiger partial charge in [-0.05, 0) is 31.2 Å². The zero-order chi connectivity index (χ0) is 12.2. The van der Waals surface area contributed by atoms with Crippen LogP contribution in [0.2, 0.25) is 0 Å². The minimum absolute atomic E-state index is 0.332. The van der Waals surface area contributed by atoms with Crippen molar-refractivity contribution in [1.29, 1.82) is 0 Å². The lowest BCUT2D eigenvalue weighted by molar-refractivity contribution is 0.318. The maximum absolute atomic E-state index is 11.5. The van der Waals surface area contributed by atoms with E-state index in [2.05, 4.69) is 26.1 Å². The molecule has 4 heteroatoms. The molecule has 0 amide bonds. The highest BCUT2D eigenvalue weighted by Crippen LogP contribution is 2.26. The molecular weight excluding hydrogens is 222 g/mol. The van der Waals surface area contributed by atoms with Crippen LogP contribution in [0, 0.1) is 11.8 Å². The van der Waals surface area contributed by atoms with Crippen molar-refractivity contribution < 1.29 is 8.42 Å². The molecule has 1 N–H and O–H groups in total. The zero-order valence-electron chi connectivity index (χ0n) is 10.7. The van der Waals surface area contributed by atoms with Gasteiger partial charge in [-0.25, -0.2) is 8.42 Å². The minimum atomic E-state index is -2.74. The van der Waals surface area contributed by atoms with Gasteiger partial charge in [-0.2, -0.15) is 0 Å². The number of nitrogens with one attached hydrogen (secondary N) is 1. The summed E-state index contributed by atoms with van der Waals surface area (Å²) >= 11 is 0. The first-order chi connectivity index (χ1) is 7.48. The third kappa shape index (κ3) is 4.06. The van der Waals surface area contributed by atoms with Crippen LogP contribution in [0.15, 0.2) is 0 Å². The third-order valence-corrected chi connectivity index (χ3v) is 5.45. The molecule has 0 aromatic rings. The van der Waals surface area contributed by atoms with Gasteiger partial charge in [-0.3, -0.25) is 0 Å². The average molecular weight is 247 g/mol. The fraction of sp³-hybridized carbons (Fsp3) is 1.00. The zero-order valence-corrected chi connectivity index (χ0v) is 11.5. The van der Waals surface area contributed by atoms with Gasteiger partial charge >= 0.3 is 0 Å². The molecule has 0 bridgehead atoms. The van der Waals surface area contributed by atoms with E-state index in [0.717, 1.165) is 19.4 Å². The van der Waals surface area contributed by atoms with Crippen LogP contribution in [0.1, 0.15) is 40.0 Å². The largest absolute Gasteiger partial charge is 0.314 e. The molecule has 1 fully saturated rings. The first kappa shape index (κ1) is 14.0. The quantitative estimate of drug-likeness (QED) is 0.779. The number of sulfone groups is 1. The third-order valence-electron chi connectivity index (χ3n) is 3.66. The topological polar surface area (TPSA) is 46.2 Å². The summed E-state index contributed by atoms with van der Waals surface area (Å²) in [5.41, 5.74) is 0. The molecule has 1 aliphatic rings. The molecule has 0 aromatic carbocycles. The van der Waals surface area contributed by atoms with Crippen LogP contribution in [-0.4, -0.2) is 32.5 Å². The maximum Gasteiger partial charge on any atom is 0.150 e. The Hall–Kier alpha value is -0.0900. The highest BCUT2D eigenvalue weighted by Gasteiger charge is 2.33. The second kappa shape index (κ2) is 6.01. The Morgan fingerprint density at radius 2 is 2.06 bits per heavy atom. The van der Waals surface area contributed by atoms with E-state index in [9.17, 15) is 8.42 Å². The molecule has 0 aromatic heterocycles. The predicted octanol–water partition coefficient (Wildman–Crippen LogP) is 1.84. The van der Waals surface area contributed by atoms with Gasteiger partial charge in [0.1, 0.15) is 0 Å². The first-order valence-corrected chi connectivity index (χ1v) is 8.24. The van der Waals surface area contributed by atoms with Crippen LogP contribution in [0.5, 0.6) is 0 Å². The van der Waals surface area contributed by atoms with Crippen LogP contribution in [-0.2, 0) is 9.84 Å². The fourth-order valence-electron chi connectivity index (χ4n) is 2.45. The maximum atomic E-state index is 11.5. The van der Waals surface area contributed by atoms with Crippen molar-refractivity contribution in [3.8, 4) is 0 Å². The summed E-state index contributed by atoms with van der Waals surface area (Å²) < 4.78 is 23.0. The minimum Gasteiger partial charge on any atom is -0.314 e. The average Bonchev–Trinajstić information content (AvgIpc) is 2.58. The monoisotopic (exact) mass is 247 g/mol. The summed E-state index contributed by atoms with van der Waals surface area (Å²) in [6.07, 6.45) is 3.11. The lowest BCUT2D eigenvalue weighted by Gasteiger charge is -2.26. The van der Waals surface area contributed by atoms with Crippen LogP contribution in [0.25, 0.3) is 0 Å². The Morgan fingerprint density at radius 1 is 1.38 bits per heavy atom. The van der Waals surface area contributed by atoms with Gasteiger partial charge in [0.05, 0.1) is 11.5 Å². The molecule has 1 heterocycles. The fourth-order valence-corrected chi connectivity index (χ4v) is 4.33. The Kier molecular flexibility index (Phi) is 5.25. The van der Waals surface area contributed by atoms with Gasteiger partial charge in [-0.15, -0.1) is 0 Å². The van der Waals surface area contributed by atoms with Crippen LogP contribution < -0.4 is 5.32 Å². The molecule has 16 heavy (non-hydrogen) atoms. The number of hydrogen-bond donors (Lipinski definition) is 1. The molecule has 0 radical (unpaired) electrons. The predicted molar refractivity (Wildman–Crippen MR) is 68.3 cm³/mol. The lowest BCUT2D eigenvalue weighted by Crippen LogP contribution is -2.38. The first-order valence-electron chi connectivity index (χ1n) is 6.42. The van der Waals surface area contributed by atoms with E-state index in [1.54, 1.807) is 0 Å². The molecule has 1 saturated heterocycles. The van der Waals surface area contributed by atoms with E-state index in [0.29, 0.717) is 29.4 Å². The molecule has 1 aliphatic heterocycles. The summed E-state index contributed by atoms with van der Waals surface area (Å²) in [6, 6.07) is 0.386. The highest BCUT2D eigenvalue weighted by atomic mass is 32.2. The summed E-state index contributed by atoms with van der Waals surface area (Å²) in [7, 11) is -2.74. The molecule has 3 nitrogen and oxygen atoms in total. The normalized spacial score (nSPS) is 27.8. The summed E-state index contributed by atoms with van der Waals surface area (Å²) in [5, 5.41) is 3.46. The van der Waals surface area contributed by atoms with Crippen molar-refractivity contribution in [2.75, 3.05) is 18.1 Å². The Morgan fingerprint density at radius 3 is 2.50 bits per heavy atom. The lowest BCUT2D eigenvalue weighted by atomic mass is 9.89. The van der Waals surface area contributed by atoms with Gasteiger partial charge in [0.2, 0.25) is 0 Å². The van der Waals surface area contributed by atoms with E-state index in [1.165, 1.54) is 6.42 Å². The standard InChI is InChI=1S/C12H25NO2S/c1-4-10(3)8-12(13-5-2)11-6-7-16(14,15)9-11/h10-13H,4-9H2,1-3H3. The molecule has 1 rings (SSSR count). The molecule has 0 aliphatic carbocycles. The van der Waals surface area contributed by atoms with Crippen LogP contribution in [0.4, 0.5) is 0 Å². The van der Waals surface area contributed by atoms with Crippen LogP contribution >= 0.6 is 0 Å². The number of hydrogen-bond acceptors (Lipinski definition) is 3. The molecular formula is C12H25NO2S. The SMILES string of the molecule is CCNC(CC(C)CC)C1CCS(=O)(=O)C1. The van der Waals surface area contributed by atoms with Crippen molar-refractivity contribution in [3.05, 3.63) is 0 Å². The van der Waals surface area contributed by atoms with E-state index in [4.69, 9.17) is 0 Å². The second-order valence-corrected chi connectivity index (χ2v) is 7.31. The van der Waals surface area contributed by atoms with Gasteiger partial charge < -0.3 is 5.32 Å². The van der Waals surface area contributed by atoms with Gasteiger partial charge in [-0.1, -0.05) is 27.2 Å². The molecule has 96 valence electrons. The smallest absolute Gasteiger partial charge is 0.150 e. The van der Waals surface area contributed by atoms with E-state index < -0.39 is 9.84 Å². The van der Waals surface area contributed by atoms with Gasteiger partial charge in [0, 0.05) is 6.04 Å². The summed E-state index contributed by atoms with van der Waals surface area (Å²) in [5.74, 6) is 1.78. The van der Waals surface area contributed by atoms with Crippen molar-refractivity contribution >= 4 is 9.84 Å². The van der Waals surface area contributed by atoms with E-state index in [-0.39, 0.29) is 0 Å². The number of rotatable bonds is 6. The Bertz CT molecular complexity index is 300. The van der Waals surface area contributed by atoms with Gasteiger partial charge in [0.15, 0.2) is 9.84 Å².